The molecule has 0 bridgehead atoms. The maximum Gasteiger partial charge on any atom is 0.279 e. The lowest BCUT2D eigenvalue weighted by Crippen LogP contribution is -2.20. The number of carbonyl (C=O) groups is 1. The highest BCUT2D eigenvalue weighted by Crippen LogP contribution is 2.21. The molecule has 1 amide bonds. The van der Waals surface area contributed by atoms with E-state index >= 15 is 0 Å². The molecule has 0 unspecified atom stereocenters. The minimum absolute atomic E-state index is 0.250. The topological polar surface area (TPSA) is 52.8 Å². The first-order valence-electron chi connectivity index (χ1n) is 10.1. The number of hydrogen-bond acceptors (Lipinski definition) is 4. The number of benzene rings is 2. The second kappa shape index (κ2) is 10.4. The van der Waals surface area contributed by atoms with Crippen molar-refractivity contribution in [1.82, 2.24) is 4.57 Å². The summed E-state index contributed by atoms with van der Waals surface area (Å²) in [6.45, 7) is 8.79. The number of aromatic nitrogens is 1. The van der Waals surface area contributed by atoms with E-state index < -0.39 is 0 Å². The highest BCUT2D eigenvalue weighted by atomic mass is 32.1. The third-order valence-electron chi connectivity index (χ3n) is 4.63. The van der Waals surface area contributed by atoms with E-state index in [1.54, 1.807) is 12.1 Å². The predicted molar refractivity (Wildman–Crippen MR) is 118 cm³/mol. The first kappa shape index (κ1) is 21.3. The molecule has 0 saturated carbocycles. The van der Waals surface area contributed by atoms with E-state index in [9.17, 15) is 4.79 Å². The van der Waals surface area contributed by atoms with E-state index in [0.717, 1.165) is 34.4 Å². The van der Waals surface area contributed by atoms with Gasteiger partial charge in [-0.2, -0.15) is 4.99 Å². The number of nitrogens with zero attached hydrogens (tertiary/aromatic N) is 2. The highest BCUT2D eigenvalue weighted by molar-refractivity contribution is 7.16. The van der Waals surface area contributed by atoms with Gasteiger partial charge in [-0.3, -0.25) is 4.79 Å². The fraction of sp³-hybridized carbons (Fsp3) is 0.391. The zero-order chi connectivity index (χ0) is 20.6. The van der Waals surface area contributed by atoms with E-state index in [1.165, 1.54) is 11.3 Å². The first-order valence-corrected chi connectivity index (χ1v) is 10.9. The lowest BCUT2D eigenvalue weighted by atomic mass is 10.2. The van der Waals surface area contributed by atoms with Crippen molar-refractivity contribution in [2.45, 2.75) is 40.2 Å². The summed E-state index contributed by atoms with van der Waals surface area (Å²) >= 11 is 1.53. The van der Waals surface area contributed by atoms with Gasteiger partial charge >= 0.3 is 0 Å². The lowest BCUT2D eigenvalue weighted by Gasteiger charge is -2.07. The number of para-hydroxylation sites is 1. The molecule has 0 aliphatic carbocycles. The molecule has 5 nitrogen and oxygen atoms in total. The molecule has 1 heterocycles. The van der Waals surface area contributed by atoms with Crippen LogP contribution in [0.5, 0.6) is 5.75 Å². The third kappa shape index (κ3) is 5.34. The largest absolute Gasteiger partial charge is 0.494 e. The van der Waals surface area contributed by atoms with Gasteiger partial charge < -0.3 is 14.0 Å². The first-order chi connectivity index (χ1) is 14.1. The van der Waals surface area contributed by atoms with Gasteiger partial charge in [-0.25, -0.2) is 0 Å². The molecule has 0 aliphatic heterocycles. The van der Waals surface area contributed by atoms with Gasteiger partial charge in [0.1, 0.15) is 5.75 Å². The molecule has 0 N–H and O–H groups in total. The SMILES string of the molecule is CCCCOc1ccc(C(=O)N=c2sc3cccc(C)c3n2CCOCC)cc1. The summed E-state index contributed by atoms with van der Waals surface area (Å²) in [6.07, 6.45) is 2.11. The number of thiazole rings is 1. The molecule has 29 heavy (non-hydrogen) atoms. The van der Waals surface area contributed by atoms with Gasteiger partial charge in [-0.05, 0) is 56.2 Å². The summed E-state index contributed by atoms with van der Waals surface area (Å²) in [5, 5.41) is 0. The second-order valence-electron chi connectivity index (χ2n) is 6.80. The number of ether oxygens (including phenoxy) is 2. The normalized spacial score (nSPS) is 11.9. The molecule has 6 heteroatoms. The zero-order valence-corrected chi connectivity index (χ0v) is 18.1. The number of aryl methyl sites for hydroxylation is 1. The van der Waals surface area contributed by atoms with Crippen molar-refractivity contribution in [1.29, 1.82) is 0 Å². The molecule has 3 aromatic rings. The monoisotopic (exact) mass is 412 g/mol. The Morgan fingerprint density at radius 3 is 2.62 bits per heavy atom. The fourth-order valence-corrected chi connectivity index (χ4v) is 4.21. The molecule has 0 atom stereocenters. The van der Waals surface area contributed by atoms with Crippen LogP contribution in [0.2, 0.25) is 0 Å². The smallest absolute Gasteiger partial charge is 0.279 e. The number of rotatable bonds is 9. The van der Waals surface area contributed by atoms with Crippen LogP contribution in [-0.4, -0.2) is 30.3 Å². The molecule has 0 fully saturated rings. The lowest BCUT2D eigenvalue weighted by molar-refractivity contribution is 0.0996. The summed E-state index contributed by atoms with van der Waals surface area (Å²) in [5.74, 6) is 0.527. The molecule has 1 aromatic heterocycles. The van der Waals surface area contributed by atoms with Crippen molar-refractivity contribution in [2.24, 2.45) is 4.99 Å². The summed E-state index contributed by atoms with van der Waals surface area (Å²) in [7, 11) is 0. The average Bonchev–Trinajstić information content (AvgIpc) is 3.07. The molecular formula is C23H28N2O3S. The van der Waals surface area contributed by atoms with Crippen LogP contribution in [0.25, 0.3) is 10.2 Å². The van der Waals surface area contributed by atoms with Gasteiger partial charge in [0, 0.05) is 18.7 Å². The van der Waals surface area contributed by atoms with Gasteiger partial charge in [0.25, 0.3) is 5.91 Å². The van der Waals surface area contributed by atoms with Crippen LogP contribution in [0.3, 0.4) is 0 Å². The van der Waals surface area contributed by atoms with E-state index in [0.29, 0.717) is 36.7 Å². The van der Waals surface area contributed by atoms with Crippen molar-refractivity contribution in [3.8, 4) is 5.75 Å². The van der Waals surface area contributed by atoms with Crippen LogP contribution < -0.4 is 9.54 Å². The standard InChI is InChI=1S/C23H28N2O3S/c1-4-6-15-28-19-12-10-18(11-13-19)22(26)24-23-25(14-16-27-5-2)21-17(3)8-7-9-20(21)29-23/h7-13H,4-6,14-16H2,1-3H3. The van der Waals surface area contributed by atoms with Crippen LogP contribution >= 0.6 is 11.3 Å². The van der Waals surface area contributed by atoms with Gasteiger partial charge in [0.05, 0.1) is 23.4 Å². The van der Waals surface area contributed by atoms with E-state index in [1.807, 2.05) is 25.1 Å². The Kier molecular flexibility index (Phi) is 7.61. The van der Waals surface area contributed by atoms with Gasteiger partial charge in [-0.15, -0.1) is 0 Å². The summed E-state index contributed by atoms with van der Waals surface area (Å²) < 4.78 is 14.4. The molecule has 154 valence electrons. The molecule has 3 rings (SSSR count). The Morgan fingerprint density at radius 2 is 1.90 bits per heavy atom. The van der Waals surface area contributed by atoms with Gasteiger partial charge in [-0.1, -0.05) is 36.8 Å². The van der Waals surface area contributed by atoms with Crippen LogP contribution in [0.4, 0.5) is 0 Å². The van der Waals surface area contributed by atoms with Gasteiger partial charge in [0.15, 0.2) is 4.80 Å². The molecule has 0 radical (unpaired) electrons. The Bertz CT molecular complexity index is 1020. The van der Waals surface area contributed by atoms with Crippen LogP contribution in [-0.2, 0) is 11.3 Å². The average molecular weight is 413 g/mol. The van der Waals surface area contributed by atoms with Gasteiger partial charge in [0.2, 0.25) is 0 Å². The minimum atomic E-state index is -0.250. The van der Waals surface area contributed by atoms with Crippen LogP contribution in [0, 0.1) is 6.92 Å². The van der Waals surface area contributed by atoms with Crippen molar-refractivity contribution < 1.29 is 14.3 Å². The van der Waals surface area contributed by atoms with E-state index in [4.69, 9.17) is 9.47 Å². The van der Waals surface area contributed by atoms with E-state index in [2.05, 4.69) is 35.5 Å². The third-order valence-corrected chi connectivity index (χ3v) is 5.67. The number of amides is 1. The van der Waals surface area contributed by atoms with Crippen molar-refractivity contribution in [2.75, 3.05) is 19.8 Å². The number of hydrogen-bond donors (Lipinski definition) is 0. The van der Waals surface area contributed by atoms with Crippen LogP contribution in [0.1, 0.15) is 42.6 Å². The number of carbonyl (C=O) groups excluding carboxylic acids is 1. The summed E-state index contributed by atoms with van der Waals surface area (Å²) in [4.78, 5) is 17.9. The summed E-state index contributed by atoms with van der Waals surface area (Å²) in [5.41, 5.74) is 2.83. The fourth-order valence-electron chi connectivity index (χ4n) is 3.08. The maximum absolute atomic E-state index is 12.8. The van der Waals surface area contributed by atoms with Crippen molar-refractivity contribution in [3.63, 3.8) is 0 Å². The van der Waals surface area contributed by atoms with E-state index in [-0.39, 0.29) is 5.91 Å². The molecule has 2 aromatic carbocycles. The number of unbranched alkanes of at least 4 members (excludes halogenated alkanes) is 1. The molecular weight excluding hydrogens is 384 g/mol. The molecule has 0 aliphatic rings. The predicted octanol–water partition coefficient (Wildman–Crippen LogP) is 4.97. The second-order valence-corrected chi connectivity index (χ2v) is 7.81. The maximum atomic E-state index is 12.8. The number of fused-ring (bicyclic) bond motifs is 1. The van der Waals surface area contributed by atoms with Crippen LogP contribution in [0.15, 0.2) is 47.5 Å². The quantitative estimate of drug-likeness (QED) is 0.466. The Hall–Kier alpha value is -2.44. The Balaban J connectivity index is 1.89. The molecule has 0 saturated heterocycles. The zero-order valence-electron chi connectivity index (χ0n) is 17.3. The highest BCUT2D eigenvalue weighted by Gasteiger charge is 2.11. The minimum Gasteiger partial charge on any atom is -0.494 e. The Labute approximate surface area is 175 Å². The Morgan fingerprint density at radius 1 is 1.10 bits per heavy atom. The summed E-state index contributed by atoms with van der Waals surface area (Å²) in [6, 6.07) is 13.4. The molecule has 0 spiro atoms. The van der Waals surface area contributed by atoms with Crippen molar-refractivity contribution >= 4 is 27.5 Å². The van der Waals surface area contributed by atoms with Crippen molar-refractivity contribution in [3.05, 3.63) is 58.4 Å².